The highest BCUT2D eigenvalue weighted by atomic mass is 35.5. The molecule has 0 aliphatic carbocycles. The van der Waals surface area contributed by atoms with Gasteiger partial charge in [-0.05, 0) is 32.0 Å². The summed E-state index contributed by atoms with van der Waals surface area (Å²) in [7, 11) is 0. The van der Waals surface area contributed by atoms with Crippen LogP contribution in [0, 0.1) is 5.82 Å². The summed E-state index contributed by atoms with van der Waals surface area (Å²) in [6.45, 7) is 4.45. The van der Waals surface area contributed by atoms with Crippen molar-refractivity contribution in [3.05, 3.63) is 59.4 Å². The molecule has 0 unspecified atom stereocenters. The average Bonchev–Trinajstić information content (AvgIpc) is 3.07. The molecule has 0 saturated carbocycles. The summed E-state index contributed by atoms with van der Waals surface area (Å²) in [5, 5.41) is 11.6. The number of carbonyl (C=O) groups excluding carboxylic acids is 1. The number of hydrogen-bond donors (Lipinski definition) is 1. The van der Waals surface area contributed by atoms with E-state index in [2.05, 4.69) is 15.5 Å². The topological polar surface area (TPSA) is 59.8 Å². The van der Waals surface area contributed by atoms with Crippen LogP contribution in [0.4, 0.5) is 10.1 Å². The lowest BCUT2D eigenvalue weighted by Gasteiger charge is -2.13. The van der Waals surface area contributed by atoms with E-state index >= 15 is 0 Å². The number of benzene rings is 2. The van der Waals surface area contributed by atoms with Crippen molar-refractivity contribution in [3.8, 4) is 11.4 Å². The van der Waals surface area contributed by atoms with Crippen molar-refractivity contribution in [3.63, 3.8) is 0 Å². The fraction of sp³-hybridized carbons (Fsp3) is 0.211. The van der Waals surface area contributed by atoms with Gasteiger partial charge in [-0.15, -0.1) is 10.2 Å². The van der Waals surface area contributed by atoms with Gasteiger partial charge in [0.2, 0.25) is 5.91 Å². The number of amides is 1. The van der Waals surface area contributed by atoms with Crippen molar-refractivity contribution in [1.82, 2.24) is 14.8 Å². The molecule has 8 heteroatoms. The van der Waals surface area contributed by atoms with E-state index in [0.29, 0.717) is 17.4 Å². The van der Waals surface area contributed by atoms with Gasteiger partial charge in [0.1, 0.15) is 5.82 Å². The smallest absolute Gasteiger partial charge is 0.237 e. The number of halogens is 2. The molecule has 0 aliphatic heterocycles. The summed E-state index contributed by atoms with van der Waals surface area (Å²) in [6, 6.07) is 13.6. The van der Waals surface area contributed by atoms with E-state index in [0.717, 1.165) is 17.5 Å². The van der Waals surface area contributed by atoms with Crippen LogP contribution in [0.15, 0.2) is 53.7 Å². The molecule has 0 radical (unpaired) electrons. The van der Waals surface area contributed by atoms with Crippen LogP contribution in [0.2, 0.25) is 5.02 Å². The number of aromatic nitrogens is 3. The molecule has 1 heterocycles. The second kappa shape index (κ2) is 8.54. The van der Waals surface area contributed by atoms with Gasteiger partial charge < -0.3 is 9.88 Å². The van der Waals surface area contributed by atoms with Crippen molar-refractivity contribution in [1.29, 1.82) is 0 Å². The van der Waals surface area contributed by atoms with Gasteiger partial charge in [0.05, 0.1) is 16.0 Å². The summed E-state index contributed by atoms with van der Waals surface area (Å²) in [6.07, 6.45) is 0. The number of rotatable bonds is 6. The largest absolute Gasteiger partial charge is 0.324 e. The molecule has 140 valence electrons. The zero-order chi connectivity index (χ0) is 19.4. The lowest BCUT2D eigenvalue weighted by Crippen LogP contribution is -2.23. The van der Waals surface area contributed by atoms with E-state index in [9.17, 15) is 9.18 Å². The zero-order valence-corrected chi connectivity index (χ0v) is 16.4. The standard InChI is InChI=1S/C19H18ClFN4OS/c1-3-25-17(13-7-5-4-6-8-13)23-24-19(25)27-12(2)18(26)22-16-10-9-14(21)11-15(16)20/h4-12H,3H2,1-2H3,(H,22,26)/t12-/m0/s1. The van der Waals surface area contributed by atoms with Gasteiger partial charge in [0.25, 0.3) is 0 Å². The first kappa shape index (κ1) is 19.4. The van der Waals surface area contributed by atoms with Crippen LogP contribution in [0.25, 0.3) is 11.4 Å². The molecule has 0 aliphatic rings. The molecule has 1 atom stereocenters. The highest BCUT2D eigenvalue weighted by Crippen LogP contribution is 2.28. The second-order valence-electron chi connectivity index (χ2n) is 5.79. The fourth-order valence-electron chi connectivity index (χ4n) is 2.50. The van der Waals surface area contributed by atoms with E-state index in [1.165, 1.54) is 23.9 Å². The summed E-state index contributed by atoms with van der Waals surface area (Å²) in [5.74, 6) is 0.0557. The first-order chi connectivity index (χ1) is 13.0. The molecule has 3 rings (SSSR count). The third-order valence-corrected chi connectivity index (χ3v) is 5.30. The maximum atomic E-state index is 13.1. The Morgan fingerprint density at radius 2 is 2.00 bits per heavy atom. The van der Waals surface area contributed by atoms with Crippen LogP contribution >= 0.6 is 23.4 Å². The normalized spacial score (nSPS) is 12.0. The number of thioether (sulfide) groups is 1. The molecular weight excluding hydrogens is 387 g/mol. The Hall–Kier alpha value is -2.38. The molecule has 0 spiro atoms. The Morgan fingerprint density at radius 1 is 1.26 bits per heavy atom. The molecule has 1 N–H and O–H groups in total. The molecular formula is C19H18ClFN4OS. The van der Waals surface area contributed by atoms with Crippen LogP contribution in [0.3, 0.4) is 0 Å². The Morgan fingerprint density at radius 3 is 2.67 bits per heavy atom. The van der Waals surface area contributed by atoms with E-state index in [4.69, 9.17) is 11.6 Å². The number of hydrogen-bond acceptors (Lipinski definition) is 4. The maximum Gasteiger partial charge on any atom is 0.237 e. The molecule has 0 bridgehead atoms. The van der Waals surface area contributed by atoms with Gasteiger partial charge in [-0.1, -0.05) is 53.7 Å². The summed E-state index contributed by atoms with van der Waals surface area (Å²) in [5.41, 5.74) is 1.34. The van der Waals surface area contributed by atoms with Crippen LogP contribution in [-0.2, 0) is 11.3 Å². The van der Waals surface area contributed by atoms with Crippen LogP contribution in [0.1, 0.15) is 13.8 Å². The van der Waals surface area contributed by atoms with Crippen LogP contribution in [-0.4, -0.2) is 25.9 Å². The molecule has 1 amide bonds. The first-order valence-corrected chi connectivity index (χ1v) is 9.66. The lowest BCUT2D eigenvalue weighted by molar-refractivity contribution is -0.115. The fourth-order valence-corrected chi connectivity index (χ4v) is 3.63. The van der Waals surface area contributed by atoms with Crippen LogP contribution < -0.4 is 5.32 Å². The third kappa shape index (κ3) is 4.48. The van der Waals surface area contributed by atoms with E-state index in [1.54, 1.807) is 6.92 Å². The number of nitrogens with one attached hydrogen (secondary N) is 1. The molecule has 0 fully saturated rings. The molecule has 27 heavy (non-hydrogen) atoms. The SMILES string of the molecule is CCn1c(S[C@@H](C)C(=O)Nc2ccc(F)cc2Cl)nnc1-c1ccccc1. The summed E-state index contributed by atoms with van der Waals surface area (Å²) in [4.78, 5) is 12.5. The Kier molecular flexibility index (Phi) is 6.13. The number of carbonyl (C=O) groups is 1. The van der Waals surface area contributed by atoms with Crippen molar-refractivity contribution >= 4 is 35.0 Å². The summed E-state index contributed by atoms with van der Waals surface area (Å²) < 4.78 is 15.1. The molecule has 0 saturated heterocycles. The van der Waals surface area contributed by atoms with E-state index in [-0.39, 0.29) is 10.9 Å². The van der Waals surface area contributed by atoms with Gasteiger partial charge >= 0.3 is 0 Å². The Balaban J connectivity index is 1.75. The van der Waals surface area contributed by atoms with Gasteiger partial charge in [-0.3, -0.25) is 4.79 Å². The highest BCUT2D eigenvalue weighted by Gasteiger charge is 2.21. The van der Waals surface area contributed by atoms with Crippen molar-refractivity contribution in [2.24, 2.45) is 0 Å². The maximum absolute atomic E-state index is 13.1. The minimum absolute atomic E-state index is 0.156. The molecule has 2 aromatic carbocycles. The van der Waals surface area contributed by atoms with E-state index in [1.807, 2.05) is 41.8 Å². The van der Waals surface area contributed by atoms with Crippen molar-refractivity contribution in [2.45, 2.75) is 30.8 Å². The number of anilines is 1. The third-order valence-electron chi connectivity index (χ3n) is 3.91. The van der Waals surface area contributed by atoms with Crippen molar-refractivity contribution in [2.75, 3.05) is 5.32 Å². The van der Waals surface area contributed by atoms with Gasteiger partial charge in [-0.2, -0.15) is 0 Å². The van der Waals surface area contributed by atoms with Gasteiger partial charge in [0.15, 0.2) is 11.0 Å². The highest BCUT2D eigenvalue weighted by molar-refractivity contribution is 8.00. The zero-order valence-electron chi connectivity index (χ0n) is 14.8. The molecule has 3 aromatic rings. The van der Waals surface area contributed by atoms with Gasteiger partial charge in [0, 0.05) is 12.1 Å². The van der Waals surface area contributed by atoms with Crippen LogP contribution in [0.5, 0.6) is 0 Å². The average molecular weight is 405 g/mol. The minimum atomic E-state index is -0.454. The monoisotopic (exact) mass is 404 g/mol. The summed E-state index contributed by atoms with van der Waals surface area (Å²) >= 11 is 7.28. The number of nitrogens with zero attached hydrogens (tertiary/aromatic N) is 3. The quantitative estimate of drug-likeness (QED) is 0.595. The predicted molar refractivity (Wildman–Crippen MR) is 106 cm³/mol. The first-order valence-electron chi connectivity index (χ1n) is 8.40. The molecule has 1 aromatic heterocycles. The lowest BCUT2D eigenvalue weighted by atomic mass is 10.2. The molecule has 5 nitrogen and oxygen atoms in total. The Bertz CT molecular complexity index is 948. The van der Waals surface area contributed by atoms with Gasteiger partial charge in [-0.25, -0.2) is 4.39 Å². The van der Waals surface area contributed by atoms with Crippen molar-refractivity contribution < 1.29 is 9.18 Å². The predicted octanol–water partition coefficient (Wildman–Crippen LogP) is 4.88. The van der Waals surface area contributed by atoms with E-state index < -0.39 is 11.1 Å². The Labute approximate surface area is 166 Å². The minimum Gasteiger partial charge on any atom is -0.324 e. The second-order valence-corrected chi connectivity index (χ2v) is 7.51.